The van der Waals surface area contributed by atoms with Crippen LogP contribution in [-0.4, -0.2) is 23.2 Å². The predicted octanol–water partition coefficient (Wildman–Crippen LogP) is 3.90. The molecule has 24 heavy (non-hydrogen) atoms. The molecule has 7 heteroatoms. The van der Waals surface area contributed by atoms with Gasteiger partial charge in [-0.2, -0.15) is 0 Å². The van der Waals surface area contributed by atoms with Gasteiger partial charge in [-0.25, -0.2) is 0 Å². The minimum Gasteiger partial charge on any atom is -0.380 e. The van der Waals surface area contributed by atoms with Gasteiger partial charge in [-0.3, -0.25) is 9.78 Å². The second-order valence-electron chi connectivity index (χ2n) is 4.97. The Kier molecular flexibility index (Phi) is 5.02. The van der Waals surface area contributed by atoms with Gasteiger partial charge in [-0.1, -0.05) is 27.2 Å². The number of ether oxygens (including phenoxy) is 1. The van der Waals surface area contributed by atoms with Crippen LogP contribution in [0.3, 0.4) is 0 Å². The van der Waals surface area contributed by atoms with Gasteiger partial charge in [0.15, 0.2) is 11.5 Å². The molecule has 0 aliphatic heterocycles. The summed E-state index contributed by atoms with van der Waals surface area (Å²) in [7, 11) is 1.60. The molecule has 0 saturated carbocycles. The second-order valence-corrected chi connectivity index (χ2v) is 5.82. The first-order valence-corrected chi connectivity index (χ1v) is 7.93. The topological polar surface area (TPSA) is 77.2 Å². The molecule has 1 N–H and O–H groups in total. The van der Waals surface area contributed by atoms with E-state index in [1.54, 1.807) is 43.8 Å². The van der Waals surface area contributed by atoms with Crippen molar-refractivity contribution in [1.82, 2.24) is 10.1 Å². The zero-order valence-electron chi connectivity index (χ0n) is 12.8. The zero-order valence-corrected chi connectivity index (χ0v) is 14.4. The summed E-state index contributed by atoms with van der Waals surface area (Å²) in [5.41, 5.74) is 2.51. The molecule has 1 aromatic carbocycles. The molecule has 2 heterocycles. The van der Waals surface area contributed by atoms with Crippen molar-refractivity contribution in [3.63, 3.8) is 0 Å². The van der Waals surface area contributed by atoms with Crippen molar-refractivity contribution in [3.05, 3.63) is 64.5 Å². The number of anilines is 1. The third-order valence-corrected chi connectivity index (χ3v) is 4.11. The maximum atomic E-state index is 12.4. The first-order chi connectivity index (χ1) is 11.7. The molecule has 0 saturated heterocycles. The SMILES string of the molecule is COCc1c(Br)cccc1NC(=O)c1cc(-c2ccncc2)on1. The Bertz CT molecular complexity index is 849. The smallest absolute Gasteiger partial charge is 0.277 e. The molecule has 122 valence electrons. The first kappa shape index (κ1) is 16.4. The van der Waals surface area contributed by atoms with Crippen LogP contribution < -0.4 is 5.32 Å². The molecule has 0 spiro atoms. The fourth-order valence-electron chi connectivity index (χ4n) is 2.19. The number of nitrogens with zero attached hydrogens (tertiary/aromatic N) is 2. The van der Waals surface area contributed by atoms with Crippen LogP contribution in [0.15, 0.2) is 57.8 Å². The average Bonchev–Trinajstić information content (AvgIpc) is 3.09. The van der Waals surface area contributed by atoms with E-state index >= 15 is 0 Å². The van der Waals surface area contributed by atoms with Crippen molar-refractivity contribution in [2.24, 2.45) is 0 Å². The maximum absolute atomic E-state index is 12.4. The van der Waals surface area contributed by atoms with E-state index in [0.717, 1.165) is 15.6 Å². The minimum atomic E-state index is -0.352. The summed E-state index contributed by atoms with van der Waals surface area (Å²) in [5.74, 6) is 0.156. The fourth-order valence-corrected chi connectivity index (χ4v) is 2.67. The van der Waals surface area contributed by atoms with Crippen LogP contribution >= 0.6 is 15.9 Å². The summed E-state index contributed by atoms with van der Waals surface area (Å²) in [4.78, 5) is 16.4. The lowest BCUT2D eigenvalue weighted by Gasteiger charge is -2.11. The van der Waals surface area contributed by atoms with Gasteiger partial charge in [0.25, 0.3) is 5.91 Å². The number of carbonyl (C=O) groups is 1. The summed E-state index contributed by atoms with van der Waals surface area (Å²) in [5, 5.41) is 6.67. The highest BCUT2D eigenvalue weighted by molar-refractivity contribution is 9.10. The summed E-state index contributed by atoms with van der Waals surface area (Å²) in [6.07, 6.45) is 3.30. The van der Waals surface area contributed by atoms with Gasteiger partial charge >= 0.3 is 0 Å². The highest BCUT2D eigenvalue weighted by atomic mass is 79.9. The number of pyridine rings is 1. The molecule has 0 bridgehead atoms. The van der Waals surface area contributed by atoms with E-state index < -0.39 is 0 Å². The Hall–Kier alpha value is -2.51. The summed E-state index contributed by atoms with van der Waals surface area (Å²) >= 11 is 3.46. The lowest BCUT2D eigenvalue weighted by Crippen LogP contribution is -2.14. The van der Waals surface area contributed by atoms with E-state index in [-0.39, 0.29) is 11.6 Å². The van der Waals surface area contributed by atoms with Gasteiger partial charge in [0.05, 0.1) is 6.61 Å². The molecule has 0 aliphatic carbocycles. The van der Waals surface area contributed by atoms with Gasteiger partial charge in [-0.05, 0) is 24.3 Å². The monoisotopic (exact) mass is 387 g/mol. The summed E-state index contributed by atoms with van der Waals surface area (Å²) < 4.78 is 11.3. The van der Waals surface area contributed by atoms with Gasteiger partial charge in [0.1, 0.15) is 0 Å². The number of halogens is 1. The molecule has 6 nitrogen and oxygen atoms in total. The molecule has 2 aromatic heterocycles. The first-order valence-electron chi connectivity index (χ1n) is 7.14. The Morgan fingerprint density at radius 2 is 2.08 bits per heavy atom. The molecule has 1 amide bonds. The Morgan fingerprint density at radius 3 is 2.83 bits per heavy atom. The summed E-state index contributed by atoms with van der Waals surface area (Å²) in [6, 6.07) is 10.7. The fraction of sp³-hybridized carbons (Fsp3) is 0.118. The van der Waals surface area contributed by atoms with Gasteiger partial charge in [0, 0.05) is 46.9 Å². The second kappa shape index (κ2) is 7.37. The molecule has 0 atom stereocenters. The molecular formula is C17H14BrN3O3. The van der Waals surface area contributed by atoms with Crippen molar-refractivity contribution in [2.45, 2.75) is 6.61 Å². The van der Waals surface area contributed by atoms with Crippen LogP contribution in [-0.2, 0) is 11.3 Å². The minimum absolute atomic E-state index is 0.199. The van der Waals surface area contributed by atoms with Gasteiger partial charge < -0.3 is 14.6 Å². The lowest BCUT2D eigenvalue weighted by atomic mass is 10.1. The van der Waals surface area contributed by atoms with Crippen molar-refractivity contribution < 1.29 is 14.1 Å². The molecule has 0 aliphatic rings. The van der Waals surface area contributed by atoms with Crippen LogP contribution in [0.1, 0.15) is 16.1 Å². The number of rotatable bonds is 5. The number of benzene rings is 1. The number of nitrogens with one attached hydrogen (secondary N) is 1. The van der Waals surface area contributed by atoms with E-state index in [1.165, 1.54) is 0 Å². The molecule has 3 aromatic rings. The van der Waals surface area contributed by atoms with E-state index in [9.17, 15) is 4.79 Å². The summed E-state index contributed by atoms with van der Waals surface area (Å²) in [6.45, 7) is 0.373. The number of methoxy groups -OCH3 is 1. The molecule has 0 fully saturated rings. The average molecular weight is 388 g/mol. The standard InChI is InChI=1S/C17H14BrN3O3/c1-23-10-12-13(18)3-2-4-14(12)20-17(22)15-9-16(24-21-15)11-5-7-19-8-6-11/h2-9H,10H2,1H3,(H,20,22). The van der Waals surface area contributed by atoms with Crippen molar-refractivity contribution >= 4 is 27.5 Å². The number of hydrogen-bond donors (Lipinski definition) is 1. The zero-order chi connectivity index (χ0) is 16.9. The quantitative estimate of drug-likeness (QED) is 0.718. The van der Waals surface area contributed by atoms with Gasteiger partial charge in [0.2, 0.25) is 0 Å². The number of carbonyl (C=O) groups excluding carboxylic acids is 1. The van der Waals surface area contributed by atoms with Crippen molar-refractivity contribution in [2.75, 3.05) is 12.4 Å². The highest BCUT2D eigenvalue weighted by Crippen LogP contribution is 2.26. The van der Waals surface area contributed by atoms with Crippen LogP contribution in [0.5, 0.6) is 0 Å². The Morgan fingerprint density at radius 1 is 1.29 bits per heavy atom. The van der Waals surface area contributed by atoms with E-state index in [1.807, 2.05) is 12.1 Å². The molecule has 0 radical (unpaired) electrons. The Labute approximate surface area is 147 Å². The van der Waals surface area contributed by atoms with E-state index in [0.29, 0.717) is 18.1 Å². The Balaban J connectivity index is 1.82. The third-order valence-electron chi connectivity index (χ3n) is 3.36. The number of amides is 1. The van der Waals surface area contributed by atoms with E-state index in [4.69, 9.17) is 9.26 Å². The lowest BCUT2D eigenvalue weighted by molar-refractivity contribution is 0.101. The highest BCUT2D eigenvalue weighted by Gasteiger charge is 2.16. The van der Waals surface area contributed by atoms with Gasteiger partial charge in [-0.15, -0.1) is 0 Å². The number of hydrogen-bond acceptors (Lipinski definition) is 5. The van der Waals surface area contributed by atoms with Crippen LogP contribution in [0.4, 0.5) is 5.69 Å². The molecule has 0 unspecified atom stereocenters. The van der Waals surface area contributed by atoms with Crippen LogP contribution in [0, 0.1) is 0 Å². The van der Waals surface area contributed by atoms with Crippen LogP contribution in [0.25, 0.3) is 11.3 Å². The predicted molar refractivity (Wildman–Crippen MR) is 92.5 cm³/mol. The normalized spacial score (nSPS) is 10.6. The van der Waals surface area contributed by atoms with E-state index in [2.05, 4.69) is 31.4 Å². The third kappa shape index (κ3) is 3.52. The molecular weight excluding hydrogens is 374 g/mol. The van der Waals surface area contributed by atoms with Crippen molar-refractivity contribution in [3.8, 4) is 11.3 Å². The van der Waals surface area contributed by atoms with Crippen molar-refractivity contribution in [1.29, 1.82) is 0 Å². The van der Waals surface area contributed by atoms with Crippen LogP contribution in [0.2, 0.25) is 0 Å². The molecule has 3 rings (SSSR count). The largest absolute Gasteiger partial charge is 0.380 e. The number of aromatic nitrogens is 2. The maximum Gasteiger partial charge on any atom is 0.277 e.